The van der Waals surface area contributed by atoms with Gasteiger partial charge < -0.3 is 10.8 Å². The van der Waals surface area contributed by atoms with Crippen LogP contribution in [0.1, 0.15) is 19.3 Å². The highest BCUT2D eigenvalue weighted by atomic mass is 16.4. The van der Waals surface area contributed by atoms with Gasteiger partial charge in [0.2, 0.25) is 0 Å². The zero-order valence-electron chi connectivity index (χ0n) is 6.36. The third-order valence-corrected chi connectivity index (χ3v) is 3.25. The first kappa shape index (κ1) is 7.10. The van der Waals surface area contributed by atoms with E-state index in [2.05, 4.69) is 0 Å². The van der Waals surface area contributed by atoms with Gasteiger partial charge in [-0.15, -0.1) is 0 Å². The first-order valence-electron chi connectivity index (χ1n) is 4.18. The number of nitrogens with two attached hydrogens (primary N) is 1. The van der Waals surface area contributed by atoms with Gasteiger partial charge in [-0.25, -0.2) is 0 Å². The third kappa shape index (κ3) is 0.872. The summed E-state index contributed by atoms with van der Waals surface area (Å²) in [4.78, 5) is 10.8. The van der Waals surface area contributed by atoms with E-state index in [4.69, 9.17) is 10.8 Å². The van der Waals surface area contributed by atoms with Crippen molar-refractivity contribution in [3.63, 3.8) is 0 Å². The highest BCUT2D eigenvalue weighted by Crippen LogP contribution is 2.48. The van der Waals surface area contributed by atoms with Crippen LogP contribution in [-0.4, -0.2) is 17.1 Å². The predicted molar refractivity (Wildman–Crippen MR) is 39.9 cm³/mol. The number of carbonyl (C=O) groups is 1. The fourth-order valence-corrected chi connectivity index (χ4v) is 2.77. The number of carboxylic acids is 1. The molecular weight excluding hydrogens is 142 g/mol. The molecule has 0 aromatic carbocycles. The van der Waals surface area contributed by atoms with E-state index in [0.717, 1.165) is 19.3 Å². The van der Waals surface area contributed by atoms with E-state index in [1.807, 2.05) is 0 Å². The minimum atomic E-state index is -0.634. The minimum Gasteiger partial charge on any atom is -0.481 e. The van der Waals surface area contributed by atoms with E-state index in [-0.39, 0.29) is 17.9 Å². The molecule has 0 spiro atoms. The Balaban J connectivity index is 2.19. The Hall–Kier alpha value is -0.570. The Morgan fingerprint density at radius 1 is 1.45 bits per heavy atom. The molecule has 62 valence electrons. The van der Waals surface area contributed by atoms with Gasteiger partial charge in [0.15, 0.2) is 0 Å². The highest BCUT2D eigenvalue weighted by molar-refractivity contribution is 5.72. The van der Waals surface area contributed by atoms with Crippen LogP contribution in [-0.2, 0) is 4.79 Å². The Bertz CT molecular complexity index is 193. The molecule has 3 N–H and O–H groups in total. The molecular formula is C8H13NO2. The monoisotopic (exact) mass is 155 g/mol. The quantitative estimate of drug-likeness (QED) is 0.577. The van der Waals surface area contributed by atoms with E-state index in [9.17, 15) is 4.79 Å². The van der Waals surface area contributed by atoms with E-state index >= 15 is 0 Å². The summed E-state index contributed by atoms with van der Waals surface area (Å²) >= 11 is 0. The smallest absolute Gasteiger partial charge is 0.307 e. The highest BCUT2D eigenvalue weighted by Gasteiger charge is 2.50. The van der Waals surface area contributed by atoms with E-state index in [0.29, 0.717) is 5.92 Å². The van der Waals surface area contributed by atoms with Gasteiger partial charge in [-0.3, -0.25) is 4.79 Å². The normalized spacial score (nSPS) is 48.1. The van der Waals surface area contributed by atoms with Gasteiger partial charge in [0.25, 0.3) is 0 Å². The van der Waals surface area contributed by atoms with E-state index < -0.39 is 5.97 Å². The van der Waals surface area contributed by atoms with Crippen LogP contribution < -0.4 is 5.73 Å². The molecule has 4 atom stereocenters. The van der Waals surface area contributed by atoms with Crippen LogP contribution in [0.15, 0.2) is 0 Å². The fourth-order valence-electron chi connectivity index (χ4n) is 2.77. The number of carboxylic acid groups (broad SMARTS) is 1. The minimum absolute atomic E-state index is 0.120. The summed E-state index contributed by atoms with van der Waals surface area (Å²) in [5.41, 5.74) is 5.78. The number of hydrogen-bond acceptors (Lipinski definition) is 2. The second-order valence-corrected chi connectivity index (χ2v) is 3.76. The third-order valence-electron chi connectivity index (χ3n) is 3.25. The molecule has 2 saturated carbocycles. The van der Waals surface area contributed by atoms with Gasteiger partial charge in [-0.05, 0) is 31.1 Å². The zero-order valence-corrected chi connectivity index (χ0v) is 6.36. The SMILES string of the molecule is N[C@@H]1C[C@H]2CC[C@H]1[C@@H]2C(=O)O. The van der Waals surface area contributed by atoms with Gasteiger partial charge in [0.05, 0.1) is 5.92 Å². The maximum atomic E-state index is 10.8. The average Bonchev–Trinajstić information content (AvgIpc) is 2.41. The predicted octanol–water partition coefficient (Wildman–Crippen LogP) is 0.444. The molecule has 2 aliphatic carbocycles. The van der Waals surface area contributed by atoms with Crippen LogP contribution in [0.3, 0.4) is 0 Å². The summed E-state index contributed by atoms with van der Waals surface area (Å²) < 4.78 is 0. The van der Waals surface area contributed by atoms with Gasteiger partial charge >= 0.3 is 5.97 Å². The van der Waals surface area contributed by atoms with Crippen molar-refractivity contribution >= 4 is 5.97 Å². The Morgan fingerprint density at radius 2 is 2.18 bits per heavy atom. The van der Waals surface area contributed by atoms with Crippen LogP contribution in [0.5, 0.6) is 0 Å². The lowest BCUT2D eigenvalue weighted by Crippen LogP contribution is -2.29. The molecule has 2 aliphatic rings. The second-order valence-electron chi connectivity index (χ2n) is 3.76. The fraction of sp³-hybridized carbons (Fsp3) is 0.875. The van der Waals surface area contributed by atoms with Crippen molar-refractivity contribution in [2.45, 2.75) is 25.3 Å². The summed E-state index contributed by atoms with van der Waals surface area (Å²) in [6, 6.07) is 0.162. The van der Waals surface area contributed by atoms with Crippen molar-refractivity contribution in [2.24, 2.45) is 23.5 Å². The Morgan fingerprint density at radius 3 is 2.45 bits per heavy atom. The van der Waals surface area contributed by atoms with Crippen molar-refractivity contribution in [3.8, 4) is 0 Å². The molecule has 2 rings (SSSR count). The number of fused-ring (bicyclic) bond motifs is 2. The molecule has 0 heterocycles. The molecule has 0 aromatic heterocycles. The summed E-state index contributed by atoms with van der Waals surface area (Å²) in [6.45, 7) is 0. The largest absolute Gasteiger partial charge is 0.481 e. The summed E-state index contributed by atoms with van der Waals surface area (Å²) in [7, 11) is 0. The maximum absolute atomic E-state index is 10.8. The standard InChI is InChI=1S/C8H13NO2/c9-6-3-4-1-2-5(6)7(4)8(10)11/h4-7H,1-3,9H2,(H,10,11)/t4-,5-,6-,7-/m1/s1. The molecule has 0 unspecified atom stereocenters. The Labute approximate surface area is 65.6 Å². The first-order chi connectivity index (χ1) is 5.20. The van der Waals surface area contributed by atoms with Crippen molar-refractivity contribution in [3.05, 3.63) is 0 Å². The maximum Gasteiger partial charge on any atom is 0.307 e. The average molecular weight is 155 g/mol. The van der Waals surface area contributed by atoms with Crippen LogP contribution in [0, 0.1) is 17.8 Å². The molecule has 0 amide bonds. The topological polar surface area (TPSA) is 63.3 Å². The number of rotatable bonds is 1. The first-order valence-corrected chi connectivity index (χ1v) is 4.18. The molecule has 0 radical (unpaired) electrons. The molecule has 0 saturated heterocycles. The van der Waals surface area contributed by atoms with Gasteiger partial charge in [0.1, 0.15) is 0 Å². The van der Waals surface area contributed by atoms with Gasteiger partial charge in [-0.2, -0.15) is 0 Å². The van der Waals surface area contributed by atoms with E-state index in [1.165, 1.54) is 0 Å². The van der Waals surface area contributed by atoms with Crippen molar-refractivity contribution in [1.82, 2.24) is 0 Å². The van der Waals surface area contributed by atoms with Crippen molar-refractivity contribution in [2.75, 3.05) is 0 Å². The molecule has 3 nitrogen and oxygen atoms in total. The summed E-state index contributed by atoms with van der Waals surface area (Å²) in [5, 5.41) is 8.86. The second kappa shape index (κ2) is 2.21. The van der Waals surface area contributed by atoms with Crippen LogP contribution >= 0.6 is 0 Å². The summed E-state index contributed by atoms with van der Waals surface area (Å²) in [6.07, 6.45) is 3.04. The van der Waals surface area contributed by atoms with Gasteiger partial charge in [0, 0.05) is 6.04 Å². The molecule has 3 heteroatoms. The molecule has 2 fully saturated rings. The molecule has 11 heavy (non-hydrogen) atoms. The number of hydrogen-bond donors (Lipinski definition) is 2. The lowest BCUT2D eigenvalue weighted by atomic mass is 9.95. The van der Waals surface area contributed by atoms with Crippen LogP contribution in [0.25, 0.3) is 0 Å². The van der Waals surface area contributed by atoms with Crippen molar-refractivity contribution < 1.29 is 9.90 Å². The Kier molecular flexibility index (Phi) is 1.42. The summed E-state index contributed by atoms with van der Waals surface area (Å²) in [5.74, 6) is -0.0968. The molecule has 0 aliphatic heterocycles. The molecule has 0 aromatic rings. The lowest BCUT2D eigenvalue weighted by molar-refractivity contribution is -0.143. The van der Waals surface area contributed by atoms with Gasteiger partial charge in [-0.1, -0.05) is 0 Å². The number of aliphatic carboxylic acids is 1. The van der Waals surface area contributed by atoms with Crippen LogP contribution in [0.2, 0.25) is 0 Å². The zero-order chi connectivity index (χ0) is 8.01. The lowest BCUT2D eigenvalue weighted by Gasteiger charge is -2.15. The van der Waals surface area contributed by atoms with Crippen molar-refractivity contribution in [1.29, 1.82) is 0 Å². The molecule has 2 bridgehead atoms. The van der Waals surface area contributed by atoms with E-state index in [1.54, 1.807) is 0 Å². The van der Waals surface area contributed by atoms with Crippen LogP contribution in [0.4, 0.5) is 0 Å².